The van der Waals surface area contributed by atoms with Crippen LogP contribution < -0.4 is 10.1 Å². The van der Waals surface area contributed by atoms with E-state index in [1.54, 1.807) is 23.6 Å². The lowest BCUT2D eigenvalue weighted by Crippen LogP contribution is -2.20. The van der Waals surface area contributed by atoms with Gasteiger partial charge < -0.3 is 4.74 Å². The van der Waals surface area contributed by atoms with Crippen LogP contribution in [0, 0.1) is 10.1 Å². The lowest BCUT2D eigenvalue weighted by molar-refractivity contribution is -0.384. The Labute approximate surface area is 167 Å². The Morgan fingerprint density at radius 3 is 2.63 bits per heavy atom. The molecule has 1 amide bonds. The predicted molar refractivity (Wildman–Crippen MR) is 105 cm³/mol. The Hall–Kier alpha value is -2.68. The summed E-state index contributed by atoms with van der Waals surface area (Å²) in [5.41, 5.74) is 1.27. The molecule has 0 aliphatic rings. The van der Waals surface area contributed by atoms with E-state index in [4.69, 9.17) is 27.9 Å². The van der Waals surface area contributed by atoms with Gasteiger partial charge in [0.25, 0.3) is 11.6 Å². The van der Waals surface area contributed by atoms with Crippen molar-refractivity contribution in [3.05, 3.63) is 68.0 Å². The van der Waals surface area contributed by atoms with E-state index in [0.29, 0.717) is 32.2 Å². The minimum atomic E-state index is -0.510. The van der Waals surface area contributed by atoms with E-state index in [1.807, 2.05) is 0 Å². The largest absolute Gasteiger partial charge is 0.484 e. The number of nitro groups is 1. The maximum absolute atomic E-state index is 12.0. The predicted octanol–water partition coefficient (Wildman–Crippen LogP) is 5.04. The molecule has 3 aromatic rings. The quantitative estimate of drug-likeness (QED) is 0.442. The standard InChI is InChI=1S/C17H11Cl2N3O4S/c18-10-1-6-13(14(19)7-10)15-9-27-17(20-15)21-16(23)8-26-12-4-2-11(3-5-12)22(24)25/h1-7,9H,8H2,(H,20,21,23). The second kappa shape index (κ2) is 8.34. The molecule has 1 N–H and O–H groups in total. The Morgan fingerprint density at radius 1 is 1.22 bits per heavy atom. The number of hydrogen-bond acceptors (Lipinski definition) is 6. The van der Waals surface area contributed by atoms with Crippen LogP contribution in [-0.4, -0.2) is 22.4 Å². The lowest BCUT2D eigenvalue weighted by atomic mass is 10.2. The van der Waals surface area contributed by atoms with E-state index in [9.17, 15) is 14.9 Å². The first-order chi connectivity index (χ1) is 12.9. The number of nitro benzene ring substituents is 1. The summed E-state index contributed by atoms with van der Waals surface area (Å²) >= 11 is 13.3. The highest BCUT2D eigenvalue weighted by Gasteiger charge is 2.12. The summed E-state index contributed by atoms with van der Waals surface area (Å²) in [7, 11) is 0. The number of non-ortho nitro benzene ring substituents is 1. The molecule has 0 radical (unpaired) electrons. The molecular weight excluding hydrogens is 413 g/mol. The molecular formula is C17H11Cl2N3O4S. The Morgan fingerprint density at radius 2 is 1.96 bits per heavy atom. The molecule has 0 unspecified atom stereocenters. The topological polar surface area (TPSA) is 94.4 Å². The molecule has 0 saturated carbocycles. The Kier molecular flexibility index (Phi) is 5.90. The van der Waals surface area contributed by atoms with Crippen molar-refractivity contribution in [3.63, 3.8) is 0 Å². The molecule has 10 heteroatoms. The first-order valence-electron chi connectivity index (χ1n) is 7.50. The summed E-state index contributed by atoms with van der Waals surface area (Å²) in [5, 5.41) is 16.4. The number of carbonyl (C=O) groups excluding carboxylic acids is 1. The zero-order valence-electron chi connectivity index (χ0n) is 13.5. The van der Waals surface area contributed by atoms with Crippen LogP contribution in [0.15, 0.2) is 47.8 Å². The summed E-state index contributed by atoms with van der Waals surface area (Å²) in [6, 6.07) is 10.5. The molecule has 3 rings (SSSR count). The van der Waals surface area contributed by atoms with E-state index >= 15 is 0 Å². The highest BCUT2D eigenvalue weighted by Crippen LogP contribution is 2.32. The third kappa shape index (κ3) is 4.94. The summed E-state index contributed by atoms with van der Waals surface area (Å²) in [6.07, 6.45) is 0. The fourth-order valence-corrected chi connectivity index (χ4v) is 3.35. The van der Waals surface area contributed by atoms with Crippen LogP contribution in [0.4, 0.5) is 10.8 Å². The second-order valence-corrected chi connectivity index (χ2v) is 6.95. The van der Waals surface area contributed by atoms with Crippen molar-refractivity contribution in [2.75, 3.05) is 11.9 Å². The molecule has 27 heavy (non-hydrogen) atoms. The molecule has 0 spiro atoms. The van der Waals surface area contributed by atoms with Gasteiger partial charge in [-0.05, 0) is 30.3 Å². The van der Waals surface area contributed by atoms with Gasteiger partial charge >= 0.3 is 0 Å². The molecule has 1 aromatic heterocycles. The van der Waals surface area contributed by atoms with Crippen molar-refractivity contribution in [2.45, 2.75) is 0 Å². The van der Waals surface area contributed by atoms with Gasteiger partial charge in [0.2, 0.25) is 0 Å². The van der Waals surface area contributed by atoms with Gasteiger partial charge in [0.15, 0.2) is 11.7 Å². The van der Waals surface area contributed by atoms with E-state index in [-0.39, 0.29) is 12.3 Å². The molecule has 0 aliphatic heterocycles. The minimum absolute atomic E-state index is 0.0528. The first-order valence-corrected chi connectivity index (χ1v) is 9.14. The fourth-order valence-electron chi connectivity index (χ4n) is 2.12. The number of benzene rings is 2. The van der Waals surface area contributed by atoms with Crippen LogP contribution >= 0.6 is 34.5 Å². The van der Waals surface area contributed by atoms with Gasteiger partial charge in [-0.25, -0.2) is 4.98 Å². The molecule has 0 atom stereocenters. The van der Waals surface area contributed by atoms with E-state index in [1.165, 1.54) is 35.6 Å². The van der Waals surface area contributed by atoms with E-state index in [0.717, 1.165) is 0 Å². The number of aromatic nitrogens is 1. The molecule has 1 heterocycles. The van der Waals surface area contributed by atoms with Gasteiger partial charge in [-0.15, -0.1) is 11.3 Å². The van der Waals surface area contributed by atoms with Gasteiger partial charge in [-0.2, -0.15) is 0 Å². The molecule has 7 nitrogen and oxygen atoms in total. The Bertz CT molecular complexity index is 992. The number of anilines is 1. The number of rotatable bonds is 6. The fraction of sp³-hybridized carbons (Fsp3) is 0.0588. The first kappa shape index (κ1) is 19.1. The van der Waals surface area contributed by atoms with Gasteiger partial charge in [-0.3, -0.25) is 20.2 Å². The molecule has 2 aromatic carbocycles. The van der Waals surface area contributed by atoms with Crippen LogP contribution in [0.2, 0.25) is 10.0 Å². The number of nitrogens with one attached hydrogen (secondary N) is 1. The van der Waals surface area contributed by atoms with Gasteiger partial charge in [0.05, 0.1) is 15.6 Å². The van der Waals surface area contributed by atoms with Crippen LogP contribution in [0.5, 0.6) is 5.75 Å². The SMILES string of the molecule is O=C(COc1ccc([N+](=O)[O-])cc1)Nc1nc(-c2ccc(Cl)cc2Cl)cs1. The molecule has 138 valence electrons. The smallest absolute Gasteiger partial charge is 0.269 e. The van der Waals surface area contributed by atoms with E-state index < -0.39 is 10.8 Å². The molecule has 0 fully saturated rings. The van der Waals surface area contributed by atoms with Crippen LogP contribution in [0.3, 0.4) is 0 Å². The molecule has 0 aliphatic carbocycles. The third-order valence-corrected chi connectivity index (χ3v) is 4.68. The van der Waals surface area contributed by atoms with Crippen LogP contribution in [-0.2, 0) is 4.79 Å². The van der Waals surface area contributed by atoms with Crippen molar-refractivity contribution in [2.24, 2.45) is 0 Å². The van der Waals surface area contributed by atoms with Crippen molar-refractivity contribution >= 4 is 51.3 Å². The average molecular weight is 424 g/mol. The lowest BCUT2D eigenvalue weighted by Gasteiger charge is -2.05. The number of ether oxygens (including phenoxy) is 1. The number of thiazole rings is 1. The summed E-state index contributed by atoms with van der Waals surface area (Å²) in [6.45, 7) is -0.256. The summed E-state index contributed by atoms with van der Waals surface area (Å²) < 4.78 is 5.30. The Balaban J connectivity index is 1.58. The molecule has 0 bridgehead atoms. The van der Waals surface area contributed by atoms with Gasteiger partial charge in [0, 0.05) is 28.1 Å². The maximum Gasteiger partial charge on any atom is 0.269 e. The van der Waals surface area contributed by atoms with Crippen LogP contribution in [0.25, 0.3) is 11.3 Å². The second-order valence-electron chi connectivity index (χ2n) is 5.25. The maximum atomic E-state index is 12.0. The molecule has 0 saturated heterocycles. The highest BCUT2D eigenvalue weighted by atomic mass is 35.5. The third-order valence-electron chi connectivity index (χ3n) is 3.38. The normalized spacial score (nSPS) is 10.4. The van der Waals surface area contributed by atoms with Crippen molar-refractivity contribution < 1.29 is 14.5 Å². The number of halogens is 2. The summed E-state index contributed by atoms with van der Waals surface area (Å²) in [5.74, 6) is -0.0556. The monoisotopic (exact) mass is 423 g/mol. The number of carbonyl (C=O) groups is 1. The van der Waals surface area contributed by atoms with Gasteiger partial charge in [-0.1, -0.05) is 23.2 Å². The average Bonchev–Trinajstić information content (AvgIpc) is 3.08. The van der Waals surface area contributed by atoms with Crippen LogP contribution in [0.1, 0.15) is 0 Å². The highest BCUT2D eigenvalue weighted by molar-refractivity contribution is 7.14. The van der Waals surface area contributed by atoms with Crippen molar-refractivity contribution in [3.8, 4) is 17.0 Å². The van der Waals surface area contributed by atoms with Crippen molar-refractivity contribution in [1.29, 1.82) is 0 Å². The minimum Gasteiger partial charge on any atom is -0.484 e. The van der Waals surface area contributed by atoms with E-state index in [2.05, 4.69) is 10.3 Å². The zero-order chi connectivity index (χ0) is 19.4. The zero-order valence-corrected chi connectivity index (χ0v) is 15.8. The number of amides is 1. The van der Waals surface area contributed by atoms with Crippen molar-refractivity contribution in [1.82, 2.24) is 4.98 Å². The summed E-state index contributed by atoms with van der Waals surface area (Å²) in [4.78, 5) is 26.4. The van der Waals surface area contributed by atoms with Gasteiger partial charge in [0.1, 0.15) is 5.75 Å². The number of nitrogens with zero attached hydrogens (tertiary/aromatic N) is 2. The number of hydrogen-bond donors (Lipinski definition) is 1.